The van der Waals surface area contributed by atoms with E-state index in [0.717, 1.165) is 51.6 Å². The summed E-state index contributed by atoms with van der Waals surface area (Å²) in [5.41, 5.74) is 6.91. The third-order valence-corrected chi connectivity index (χ3v) is 5.92. The van der Waals surface area contributed by atoms with Crippen LogP contribution in [0.1, 0.15) is 41.3 Å². The quantitative estimate of drug-likeness (QED) is 0.782. The van der Waals surface area contributed by atoms with Crippen LogP contribution in [0.15, 0.2) is 30.5 Å². The van der Waals surface area contributed by atoms with Gasteiger partial charge in [-0.15, -0.1) is 0 Å². The van der Waals surface area contributed by atoms with Gasteiger partial charge in [0, 0.05) is 51.0 Å². The molecule has 4 heteroatoms. The van der Waals surface area contributed by atoms with Crippen molar-refractivity contribution in [1.82, 2.24) is 14.8 Å². The largest absolute Gasteiger partial charge is 0.494 e. The number of pyridine rings is 1. The summed E-state index contributed by atoms with van der Waals surface area (Å²) in [6.45, 7) is 11.3. The Bertz CT molecular complexity index is 781. The smallest absolute Gasteiger partial charge is 0.124 e. The van der Waals surface area contributed by atoms with Crippen LogP contribution in [0, 0.1) is 6.92 Å². The Morgan fingerprint density at radius 2 is 1.70 bits per heavy atom. The average Bonchev–Trinajstić information content (AvgIpc) is 3.13. The molecule has 0 atom stereocenters. The van der Waals surface area contributed by atoms with Crippen LogP contribution in [-0.2, 0) is 25.9 Å². The fraction of sp³-hybridized carbons (Fsp3) is 0.522. The fourth-order valence-electron chi connectivity index (χ4n) is 4.31. The standard InChI is InChI=1S/C23H31N3O/c1-3-27-23-15-20-8-4-7-19(20)14-21(23)16-25-10-12-26(13-11-25)17-22-18(2)6-5-9-24-22/h5-6,9,14-15H,3-4,7-8,10-13,16-17H2,1-2H3. The predicted molar refractivity (Wildman–Crippen MR) is 109 cm³/mol. The minimum absolute atomic E-state index is 0.739. The van der Waals surface area contributed by atoms with Gasteiger partial charge in [0.05, 0.1) is 12.3 Å². The van der Waals surface area contributed by atoms with Crippen molar-refractivity contribution in [2.24, 2.45) is 0 Å². The molecule has 4 rings (SSSR count). The van der Waals surface area contributed by atoms with Crippen molar-refractivity contribution in [3.05, 3.63) is 58.4 Å². The topological polar surface area (TPSA) is 28.6 Å². The third-order valence-electron chi connectivity index (χ3n) is 5.92. The van der Waals surface area contributed by atoms with E-state index in [0.29, 0.717) is 0 Å². The Morgan fingerprint density at radius 1 is 1.00 bits per heavy atom. The van der Waals surface area contributed by atoms with Crippen LogP contribution >= 0.6 is 0 Å². The Labute approximate surface area is 163 Å². The summed E-state index contributed by atoms with van der Waals surface area (Å²) in [6, 6.07) is 8.89. The molecule has 4 nitrogen and oxygen atoms in total. The zero-order valence-electron chi connectivity index (χ0n) is 16.7. The van der Waals surface area contributed by atoms with E-state index in [9.17, 15) is 0 Å². The zero-order chi connectivity index (χ0) is 18.6. The second-order valence-electron chi connectivity index (χ2n) is 7.83. The lowest BCUT2D eigenvalue weighted by Crippen LogP contribution is -2.45. The molecule has 1 aliphatic carbocycles. The van der Waals surface area contributed by atoms with Crippen LogP contribution in [-0.4, -0.2) is 47.6 Å². The normalized spacial score (nSPS) is 17.9. The number of hydrogen-bond acceptors (Lipinski definition) is 4. The van der Waals surface area contributed by atoms with Crippen molar-refractivity contribution < 1.29 is 4.74 Å². The molecule has 0 bridgehead atoms. The van der Waals surface area contributed by atoms with Crippen molar-refractivity contribution >= 4 is 0 Å². The first-order valence-corrected chi connectivity index (χ1v) is 10.4. The van der Waals surface area contributed by atoms with Gasteiger partial charge < -0.3 is 4.74 Å². The number of aromatic nitrogens is 1. The highest BCUT2D eigenvalue weighted by Crippen LogP contribution is 2.31. The summed E-state index contributed by atoms with van der Waals surface area (Å²) in [5.74, 6) is 1.10. The fourth-order valence-corrected chi connectivity index (χ4v) is 4.31. The van der Waals surface area contributed by atoms with E-state index >= 15 is 0 Å². The highest BCUT2D eigenvalue weighted by Gasteiger charge is 2.21. The van der Waals surface area contributed by atoms with Crippen LogP contribution in [0.2, 0.25) is 0 Å². The Kier molecular flexibility index (Phi) is 5.74. The summed E-state index contributed by atoms with van der Waals surface area (Å²) in [5, 5.41) is 0. The van der Waals surface area contributed by atoms with E-state index < -0.39 is 0 Å². The number of aryl methyl sites for hydroxylation is 3. The van der Waals surface area contributed by atoms with Crippen molar-refractivity contribution in [1.29, 1.82) is 0 Å². The Balaban J connectivity index is 1.37. The minimum atomic E-state index is 0.739. The summed E-state index contributed by atoms with van der Waals surface area (Å²) in [4.78, 5) is 9.65. The highest BCUT2D eigenvalue weighted by atomic mass is 16.5. The van der Waals surface area contributed by atoms with Crippen LogP contribution in [0.3, 0.4) is 0 Å². The van der Waals surface area contributed by atoms with Gasteiger partial charge in [-0.25, -0.2) is 0 Å². The molecule has 2 heterocycles. The average molecular weight is 366 g/mol. The van der Waals surface area contributed by atoms with E-state index in [1.165, 1.54) is 47.2 Å². The maximum absolute atomic E-state index is 5.97. The molecule has 1 aromatic carbocycles. The first-order valence-electron chi connectivity index (χ1n) is 10.4. The molecule has 1 saturated heterocycles. The van der Waals surface area contributed by atoms with E-state index in [-0.39, 0.29) is 0 Å². The summed E-state index contributed by atoms with van der Waals surface area (Å²) >= 11 is 0. The van der Waals surface area contributed by atoms with Gasteiger partial charge in [0.15, 0.2) is 0 Å². The molecule has 0 amide bonds. The van der Waals surface area contributed by atoms with E-state index in [1.807, 2.05) is 12.3 Å². The van der Waals surface area contributed by atoms with Crippen molar-refractivity contribution in [3.63, 3.8) is 0 Å². The summed E-state index contributed by atoms with van der Waals surface area (Å²) in [7, 11) is 0. The first-order chi connectivity index (χ1) is 13.2. The number of nitrogens with zero attached hydrogens (tertiary/aromatic N) is 3. The highest BCUT2D eigenvalue weighted by molar-refractivity contribution is 5.45. The van der Waals surface area contributed by atoms with Crippen LogP contribution < -0.4 is 4.74 Å². The van der Waals surface area contributed by atoms with Crippen LogP contribution in [0.25, 0.3) is 0 Å². The van der Waals surface area contributed by atoms with Gasteiger partial charge in [-0.2, -0.15) is 0 Å². The van der Waals surface area contributed by atoms with Crippen LogP contribution in [0.4, 0.5) is 0 Å². The summed E-state index contributed by atoms with van der Waals surface area (Å²) < 4.78 is 5.97. The Morgan fingerprint density at radius 3 is 2.41 bits per heavy atom. The van der Waals surface area contributed by atoms with Gasteiger partial charge in [0.25, 0.3) is 0 Å². The molecule has 0 spiro atoms. The molecule has 1 fully saturated rings. The van der Waals surface area contributed by atoms with Gasteiger partial charge >= 0.3 is 0 Å². The molecule has 2 aromatic rings. The lowest BCUT2D eigenvalue weighted by molar-refractivity contribution is 0.120. The number of rotatable bonds is 6. The van der Waals surface area contributed by atoms with Crippen molar-refractivity contribution in [2.75, 3.05) is 32.8 Å². The van der Waals surface area contributed by atoms with E-state index in [4.69, 9.17) is 4.74 Å². The number of piperazine rings is 1. The van der Waals surface area contributed by atoms with E-state index in [1.54, 1.807) is 0 Å². The maximum Gasteiger partial charge on any atom is 0.124 e. The van der Waals surface area contributed by atoms with Gasteiger partial charge in [0.1, 0.15) is 5.75 Å². The molecule has 27 heavy (non-hydrogen) atoms. The van der Waals surface area contributed by atoms with Gasteiger partial charge in [-0.1, -0.05) is 12.1 Å². The Hall–Kier alpha value is -1.91. The van der Waals surface area contributed by atoms with Crippen molar-refractivity contribution in [2.45, 2.75) is 46.2 Å². The number of benzene rings is 1. The molecule has 2 aliphatic rings. The minimum Gasteiger partial charge on any atom is -0.494 e. The van der Waals surface area contributed by atoms with Gasteiger partial charge in [0.2, 0.25) is 0 Å². The number of ether oxygens (including phenoxy) is 1. The van der Waals surface area contributed by atoms with Gasteiger partial charge in [-0.3, -0.25) is 14.8 Å². The lowest BCUT2D eigenvalue weighted by Gasteiger charge is -2.35. The maximum atomic E-state index is 5.97. The monoisotopic (exact) mass is 365 g/mol. The second-order valence-corrected chi connectivity index (χ2v) is 7.83. The number of fused-ring (bicyclic) bond motifs is 1. The molecular weight excluding hydrogens is 334 g/mol. The molecule has 0 saturated carbocycles. The van der Waals surface area contributed by atoms with Gasteiger partial charge in [-0.05, 0) is 61.9 Å². The first kappa shape index (κ1) is 18.5. The second kappa shape index (κ2) is 8.41. The molecule has 1 aliphatic heterocycles. The molecular formula is C23H31N3O. The molecule has 1 aromatic heterocycles. The van der Waals surface area contributed by atoms with Crippen LogP contribution in [0.5, 0.6) is 5.75 Å². The third kappa shape index (κ3) is 4.33. The lowest BCUT2D eigenvalue weighted by atomic mass is 10.0. The van der Waals surface area contributed by atoms with Crippen molar-refractivity contribution in [3.8, 4) is 5.75 Å². The SMILES string of the molecule is CCOc1cc2c(cc1CN1CCN(Cc3ncccc3C)CC1)CCC2. The zero-order valence-corrected chi connectivity index (χ0v) is 16.7. The summed E-state index contributed by atoms with van der Waals surface area (Å²) in [6.07, 6.45) is 5.63. The van der Waals surface area contributed by atoms with E-state index in [2.05, 4.69) is 46.8 Å². The molecule has 0 radical (unpaired) electrons. The predicted octanol–water partition coefficient (Wildman–Crippen LogP) is 3.60. The molecule has 0 unspecified atom stereocenters. The molecule has 0 N–H and O–H groups in total. The number of hydrogen-bond donors (Lipinski definition) is 0. The molecule has 144 valence electrons.